The highest BCUT2D eigenvalue weighted by atomic mass is 16.5. The third-order valence-electron chi connectivity index (χ3n) is 12.9. The molecule has 0 heterocycles. The van der Waals surface area contributed by atoms with Gasteiger partial charge in [0.25, 0.3) is 0 Å². The van der Waals surface area contributed by atoms with E-state index < -0.39 is 18.2 Å². The first-order chi connectivity index (χ1) is 29.5. The molecule has 60 heavy (non-hydrogen) atoms. The van der Waals surface area contributed by atoms with E-state index in [1.165, 1.54) is 225 Å². The lowest BCUT2D eigenvalue weighted by molar-refractivity contribution is -0.151. The molecule has 0 aliphatic carbocycles. The van der Waals surface area contributed by atoms with Gasteiger partial charge in [-0.1, -0.05) is 271 Å². The van der Waals surface area contributed by atoms with E-state index in [2.05, 4.69) is 26.1 Å². The highest BCUT2D eigenvalue weighted by molar-refractivity contribution is 5.77. The molecule has 0 rings (SSSR count). The van der Waals surface area contributed by atoms with Gasteiger partial charge in [-0.3, -0.25) is 9.59 Å². The monoisotopic (exact) mass is 850 g/mol. The first kappa shape index (κ1) is 58.9. The van der Waals surface area contributed by atoms with E-state index in [1.807, 2.05) is 0 Å². The SMILES string of the molecule is CCCCCCCCCCCCCCCCCCCCCC(=O)OC(CCCCCCCCCCCCCC)CC(=O)NC(CO)C(O)CCCCCCCCCCCC. The normalized spacial score (nSPS) is 13.1. The molecule has 0 aromatic carbocycles. The third-order valence-corrected chi connectivity index (χ3v) is 12.9. The maximum absolute atomic E-state index is 13.2. The topological polar surface area (TPSA) is 95.9 Å². The van der Waals surface area contributed by atoms with E-state index in [-0.39, 0.29) is 24.9 Å². The second kappa shape index (κ2) is 48.9. The first-order valence-electron chi connectivity index (χ1n) is 27.3. The van der Waals surface area contributed by atoms with Gasteiger partial charge in [0.1, 0.15) is 6.10 Å². The molecule has 0 saturated carbocycles. The lowest BCUT2D eigenvalue weighted by Gasteiger charge is -2.24. The van der Waals surface area contributed by atoms with Gasteiger partial charge in [-0.15, -0.1) is 0 Å². The number of aliphatic hydroxyl groups is 2. The Morgan fingerprint density at radius 2 is 0.700 bits per heavy atom. The Balaban J connectivity index is 4.41. The Kier molecular flexibility index (Phi) is 48.0. The summed E-state index contributed by atoms with van der Waals surface area (Å²) in [6.45, 7) is 6.51. The van der Waals surface area contributed by atoms with E-state index in [9.17, 15) is 19.8 Å². The molecule has 3 N–H and O–H groups in total. The lowest BCUT2D eigenvalue weighted by atomic mass is 10.0. The number of unbranched alkanes of at least 4 members (excludes halogenated alkanes) is 38. The molecule has 0 radical (unpaired) electrons. The number of hydrogen-bond donors (Lipinski definition) is 3. The Morgan fingerprint density at radius 3 is 1.02 bits per heavy atom. The van der Waals surface area contributed by atoms with Crippen molar-refractivity contribution in [1.82, 2.24) is 5.32 Å². The lowest BCUT2D eigenvalue weighted by Crippen LogP contribution is -2.46. The van der Waals surface area contributed by atoms with E-state index in [0.717, 1.165) is 38.5 Å². The van der Waals surface area contributed by atoms with E-state index >= 15 is 0 Å². The largest absolute Gasteiger partial charge is 0.462 e. The minimum Gasteiger partial charge on any atom is -0.462 e. The van der Waals surface area contributed by atoms with Crippen LogP contribution >= 0.6 is 0 Å². The molecule has 6 heteroatoms. The van der Waals surface area contributed by atoms with Crippen LogP contribution in [0.1, 0.15) is 310 Å². The quantitative estimate of drug-likeness (QED) is 0.0419. The molecule has 3 unspecified atom stereocenters. The molecule has 0 aliphatic heterocycles. The smallest absolute Gasteiger partial charge is 0.306 e. The number of esters is 1. The molecular weight excluding hydrogens is 743 g/mol. The van der Waals surface area contributed by atoms with Gasteiger partial charge in [0.05, 0.1) is 25.2 Å². The fourth-order valence-electron chi connectivity index (χ4n) is 8.79. The van der Waals surface area contributed by atoms with Gasteiger partial charge in [0, 0.05) is 6.42 Å². The average molecular weight is 850 g/mol. The number of nitrogens with one attached hydrogen (secondary N) is 1. The van der Waals surface area contributed by atoms with Crippen molar-refractivity contribution in [3.05, 3.63) is 0 Å². The molecule has 0 spiro atoms. The van der Waals surface area contributed by atoms with Crippen molar-refractivity contribution in [3.63, 3.8) is 0 Å². The average Bonchev–Trinajstić information content (AvgIpc) is 3.24. The predicted octanol–water partition coefficient (Wildman–Crippen LogP) is 16.4. The molecule has 358 valence electrons. The Morgan fingerprint density at radius 1 is 0.417 bits per heavy atom. The Labute approximate surface area is 375 Å². The number of rotatable bonds is 50. The van der Waals surface area contributed by atoms with Crippen LogP contribution in [0.3, 0.4) is 0 Å². The molecule has 0 saturated heterocycles. The zero-order chi connectivity index (χ0) is 43.8. The van der Waals surface area contributed by atoms with Crippen molar-refractivity contribution < 1.29 is 24.5 Å². The molecular formula is C54H107NO5. The van der Waals surface area contributed by atoms with Crippen molar-refractivity contribution >= 4 is 11.9 Å². The molecule has 3 atom stereocenters. The van der Waals surface area contributed by atoms with Crippen LogP contribution in [0.15, 0.2) is 0 Å². The van der Waals surface area contributed by atoms with Crippen molar-refractivity contribution in [2.75, 3.05) is 6.61 Å². The summed E-state index contributed by atoms with van der Waals surface area (Å²) in [5, 5.41) is 23.7. The number of carbonyl (C=O) groups is 2. The van der Waals surface area contributed by atoms with Crippen LogP contribution in [0.5, 0.6) is 0 Å². The number of amides is 1. The minimum absolute atomic E-state index is 0.0877. The second-order valence-electron chi connectivity index (χ2n) is 19.0. The summed E-state index contributed by atoms with van der Waals surface area (Å²) in [5.74, 6) is -0.449. The van der Waals surface area contributed by atoms with Crippen molar-refractivity contribution in [1.29, 1.82) is 0 Å². The third kappa shape index (κ3) is 43.5. The van der Waals surface area contributed by atoms with Gasteiger partial charge in [-0.2, -0.15) is 0 Å². The minimum atomic E-state index is -0.778. The molecule has 0 bridgehead atoms. The second-order valence-corrected chi connectivity index (χ2v) is 19.0. The van der Waals surface area contributed by atoms with Gasteiger partial charge in [0.2, 0.25) is 5.91 Å². The maximum atomic E-state index is 13.2. The number of carbonyl (C=O) groups excluding carboxylic acids is 2. The molecule has 0 fully saturated rings. The van der Waals surface area contributed by atoms with Crippen LogP contribution in [-0.2, 0) is 14.3 Å². The fourth-order valence-corrected chi connectivity index (χ4v) is 8.79. The molecule has 0 aliphatic rings. The van der Waals surface area contributed by atoms with Crippen LogP contribution in [0.25, 0.3) is 0 Å². The molecule has 0 aromatic heterocycles. The summed E-state index contributed by atoms with van der Waals surface area (Å²) >= 11 is 0. The molecule has 1 amide bonds. The maximum Gasteiger partial charge on any atom is 0.306 e. The fraction of sp³-hybridized carbons (Fsp3) is 0.963. The standard InChI is InChI=1S/C54H107NO5/c1-4-7-10-13-16-19-22-24-25-26-27-28-29-30-32-35-38-41-44-47-54(59)60-50(45-42-39-36-33-31-23-20-17-14-11-8-5-2)48-53(58)55-51(49-56)52(57)46-43-40-37-34-21-18-15-12-9-6-3/h50-52,56-57H,4-49H2,1-3H3,(H,55,58). The summed E-state index contributed by atoms with van der Waals surface area (Å²) in [4.78, 5) is 26.1. The Hall–Kier alpha value is -1.14. The zero-order valence-electron chi connectivity index (χ0n) is 40.9. The Bertz CT molecular complexity index is 867. The van der Waals surface area contributed by atoms with Gasteiger partial charge in [-0.05, 0) is 25.7 Å². The number of aliphatic hydroxyl groups excluding tert-OH is 2. The summed E-state index contributed by atoms with van der Waals surface area (Å²) in [6, 6.07) is -0.691. The van der Waals surface area contributed by atoms with Gasteiger partial charge in [0.15, 0.2) is 0 Å². The van der Waals surface area contributed by atoms with Crippen molar-refractivity contribution in [2.24, 2.45) is 0 Å². The highest BCUT2D eigenvalue weighted by Gasteiger charge is 2.24. The van der Waals surface area contributed by atoms with Crippen LogP contribution < -0.4 is 5.32 Å². The van der Waals surface area contributed by atoms with Crippen molar-refractivity contribution in [2.45, 2.75) is 328 Å². The first-order valence-corrected chi connectivity index (χ1v) is 27.3. The van der Waals surface area contributed by atoms with Crippen molar-refractivity contribution in [3.8, 4) is 0 Å². The van der Waals surface area contributed by atoms with Crippen LogP contribution in [-0.4, -0.2) is 46.9 Å². The van der Waals surface area contributed by atoms with Gasteiger partial charge < -0.3 is 20.3 Å². The van der Waals surface area contributed by atoms with Gasteiger partial charge >= 0.3 is 5.97 Å². The number of hydrogen-bond acceptors (Lipinski definition) is 5. The van der Waals surface area contributed by atoms with Crippen LogP contribution in [0, 0.1) is 0 Å². The summed E-state index contributed by atoms with van der Waals surface area (Å²) in [6.07, 6.45) is 53.1. The van der Waals surface area contributed by atoms with Crippen LogP contribution in [0.4, 0.5) is 0 Å². The molecule has 0 aromatic rings. The molecule has 6 nitrogen and oxygen atoms in total. The van der Waals surface area contributed by atoms with E-state index in [4.69, 9.17) is 4.74 Å². The van der Waals surface area contributed by atoms with E-state index in [1.54, 1.807) is 0 Å². The van der Waals surface area contributed by atoms with Gasteiger partial charge in [-0.25, -0.2) is 0 Å². The van der Waals surface area contributed by atoms with E-state index in [0.29, 0.717) is 19.3 Å². The highest BCUT2D eigenvalue weighted by Crippen LogP contribution is 2.19. The van der Waals surface area contributed by atoms with Crippen LogP contribution in [0.2, 0.25) is 0 Å². The zero-order valence-corrected chi connectivity index (χ0v) is 40.9. The number of ether oxygens (including phenoxy) is 1. The summed E-state index contributed by atoms with van der Waals surface area (Å²) in [5.41, 5.74) is 0. The predicted molar refractivity (Wildman–Crippen MR) is 260 cm³/mol. The summed E-state index contributed by atoms with van der Waals surface area (Å²) in [7, 11) is 0. The summed E-state index contributed by atoms with van der Waals surface area (Å²) < 4.78 is 5.95.